The molecule has 0 saturated carbocycles. The van der Waals surface area contributed by atoms with Crippen molar-refractivity contribution in [2.45, 2.75) is 130 Å². The summed E-state index contributed by atoms with van der Waals surface area (Å²) < 4.78 is 23.1. The standard InChI is InChI=1S/C23H34O2.C22H32O3/c1-7-8-9-10-18-14-21(24-5)23(22(15-18)25-6)20-13-17(4)11-12-19(20)16(2)3;1-6-7-8-9-17-13-20(24-4)22(21(14-17)25-5)19-12-15(2)10-11-18(19)16(3)23/h13-15,19-20H,2,7-12H2,1,3-6H3;12-14,18-19H,6-11H2,1-5H3/t19-,20+;18-,19+/m00/s1. The second kappa shape index (κ2) is 20.4. The van der Waals surface area contributed by atoms with E-state index in [4.69, 9.17) is 18.9 Å². The molecule has 0 heterocycles. The summed E-state index contributed by atoms with van der Waals surface area (Å²) in [7, 11) is 6.94. The summed E-state index contributed by atoms with van der Waals surface area (Å²) in [5, 5.41) is 0. The van der Waals surface area contributed by atoms with Gasteiger partial charge in [0.15, 0.2) is 0 Å². The van der Waals surface area contributed by atoms with Gasteiger partial charge in [-0.25, -0.2) is 0 Å². The van der Waals surface area contributed by atoms with Gasteiger partial charge >= 0.3 is 0 Å². The Morgan fingerprint density at radius 1 is 0.640 bits per heavy atom. The smallest absolute Gasteiger partial charge is 0.133 e. The Labute approximate surface area is 304 Å². The minimum absolute atomic E-state index is 0.00237. The van der Waals surface area contributed by atoms with E-state index < -0.39 is 0 Å². The highest BCUT2D eigenvalue weighted by molar-refractivity contribution is 5.80. The van der Waals surface area contributed by atoms with Crippen LogP contribution in [-0.2, 0) is 17.6 Å². The zero-order valence-corrected chi connectivity index (χ0v) is 33.0. The van der Waals surface area contributed by atoms with Crippen LogP contribution >= 0.6 is 0 Å². The summed E-state index contributed by atoms with van der Waals surface area (Å²) in [5.41, 5.74) is 8.75. The Morgan fingerprint density at radius 3 is 1.32 bits per heavy atom. The van der Waals surface area contributed by atoms with E-state index in [1.165, 1.54) is 71.9 Å². The number of hydrogen-bond donors (Lipinski definition) is 0. The van der Waals surface area contributed by atoms with E-state index in [9.17, 15) is 4.79 Å². The van der Waals surface area contributed by atoms with Gasteiger partial charge in [-0.1, -0.05) is 75.0 Å². The quantitative estimate of drug-likeness (QED) is 0.130. The molecule has 0 unspecified atom stereocenters. The fourth-order valence-corrected chi connectivity index (χ4v) is 7.81. The van der Waals surface area contributed by atoms with Gasteiger partial charge in [0, 0.05) is 28.9 Å². The number of rotatable bonds is 16. The first kappa shape index (κ1) is 41.0. The summed E-state index contributed by atoms with van der Waals surface area (Å²) >= 11 is 0. The molecule has 2 aromatic rings. The number of Topliss-reactive ketones (excluding diaryl/α,β-unsaturated/α-hetero) is 1. The third-order valence-corrected chi connectivity index (χ3v) is 10.7. The molecular weight excluding hydrogens is 620 g/mol. The molecule has 0 fully saturated rings. The molecule has 0 amide bonds. The van der Waals surface area contributed by atoms with Crippen LogP contribution in [0.4, 0.5) is 0 Å². The van der Waals surface area contributed by atoms with Crippen LogP contribution in [0.5, 0.6) is 23.0 Å². The van der Waals surface area contributed by atoms with E-state index in [0.717, 1.165) is 67.1 Å². The van der Waals surface area contributed by atoms with E-state index in [-0.39, 0.29) is 23.5 Å². The number of methoxy groups -OCH3 is 4. The van der Waals surface area contributed by atoms with Crippen LogP contribution in [0.2, 0.25) is 0 Å². The van der Waals surface area contributed by atoms with Crippen molar-refractivity contribution in [1.82, 2.24) is 0 Å². The predicted octanol–water partition coefficient (Wildman–Crippen LogP) is 11.9. The third kappa shape index (κ3) is 10.8. The number of carbonyl (C=O) groups excluding carboxylic acids is 1. The Kier molecular flexibility index (Phi) is 16.7. The van der Waals surface area contributed by atoms with Gasteiger partial charge < -0.3 is 18.9 Å². The number of allylic oxidation sites excluding steroid dienone is 5. The lowest BCUT2D eigenvalue weighted by atomic mass is 9.73. The fraction of sp³-hybridized carbons (Fsp3) is 0.578. The van der Waals surface area contributed by atoms with Gasteiger partial charge in [0.25, 0.3) is 0 Å². The average Bonchev–Trinajstić information content (AvgIpc) is 3.10. The number of aryl methyl sites for hydroxylation is 2. The zero-order valence-electron chi connectivity index (χ0n) is 33.0. The number of ketones is 1. The van der Waals surface area contributed by atoms with Crippen LogP contribution in [0.3, 0.4) is 0 Å². The molecule has 0 aliphatic heterocycles. The molecule has 0 N–H and O–H groups in total. The molecule has 4 atom stereocenters. The summed E-state index contributed by atoms with van der Waals surface area (Å²) in [5.74, 6) is 4.57. The lowest BCUT2D eigenvalue weighted by Gasteiger charge is -2.32. The Morgan fingerprint density at radius 2 is 1.00 bits per heavy atom. The third-order valence-electron chi connectivity index (χ3n) is 10.7. The summed E-state index contributed by atoms with van der Waals surface area (Å²) in [6.45, 7) is 16.9. The molecule has 2 aliphatic rings. The Balaban J connectivity index is 0.000000270. The van der Waals surface area contributed by atoms with Gasteiger partial charge in [-0.2, -0.15) is 0 Å². The van der Waals surface area contributed by atoms with Gasteiger partial charge in [0.1, 0.15) is 28.8 Å². The first-order chi connectivity index (χ1) is 24.0. The van der Waals surface area contributed by atoms with E-state index >= 15 is 0 Å². The predicted molar refractivity (Wildman–Crippen MR) is 209 cm³/mol. The number of carbonyl (C=O) groups is 1. The fourth-order valence-electron chi connectivity index (χ4n) is 7.81. The van der Waals surface area contributed by atoms with Crippen molar-refractivity contribution in [2.24, 2.45) is 11.8 Å². The molecule has 5 heteroatoms. The van der Waals surface area contributed by atoms with E-state index in [1.54, 1.807) is 35.4 Å². The molecule has 0 spiro atoms. The van der Waals surface area contributed by atoms with Crippen LogP contribution in [0, 0.1) is 11.8 Å². The molecule has 5 nitrogen and oxygen atoms in total. The van der Waals surface area contributed by atoms with Crippen molar-refractivity contribution < 1.29 is 23.7 Å². The van der Waals surface area contributed by atoms with Crippen molar-refractivity contribution in [1.29, 1.82) is 0 Å². The normalized spacial score (nSPS) is 20.1. The van der Waals surface area contributed by atoms with Crippen molar-refractivity contribution >= 4 is 5.78 Å². The van der Waals surface area contributed by atoms with Crippen LogP contribution in [-0.4, -0.2) is 34.2 Å². The maximum absolute atomic E-state index is 12.2. The Bertz CT molecular complexity index is 1320. The zero-order chi connectivity index (χ0) is 36.8. The number of benzene rings is 2. The summed E-state index contributed by atoms with van der Waals surface area (Å²) in [6, 6.07) is 8.67. The molecule has 0 bridgehead atoms. The van der Waals surface area contributed by atoms with E-state index in [0.29, 0.717) is 5.92 Å². The highest BCUT2D eigenvalue weighted by Gasteiger charge is 2.33. The highest BCUT2D eigenvalue weighted by Crippen LogP contribution is 2.48. The SMILES string of the molecule is C=C(C)[C@@H]1CCC(C)=C[C@H]1c1c(OC)cc(CCCCC)cc1OC.CCCCCc1cc(OC)c([C@@H]2C=C(C)CC[C@H]2C(C)=O)c(OC)c1. The second-order valence-electron chi connectivity index (χ2n) is 14.6. The number of hydrogen-bond acceptors (Lipinski definition) is 5. The van der Waals surface area contributed by atoms with Crippen molar-refractivity contribution in [3.05, 3.63) is 82.0 Å². The van der Waals surface area contributed by atoms with Gasteiger partial charge in [0.05, 0.1) is 28.4 Å². The maximum atomic E-state index is 12.2. The molecule has 0 aromatic heterocycles. The van der Waals surface area contributed by atoms with Crippen molar-refractivity contribution in [3.63, 3.8) is 0 Å². The Hall–Kier alpha value is -3.47. The van der Waals surface area contributed by atoms with Gasteiger partial charge in [-0.3, -0.25) is 4.79 Å². The van der Waals surface area contributed by atoms with E-state index in [2.05, 4.69) is 77.6 Å². The van der Waals surface area contributed by atoms with Crippen molar-refractivity contribution in [3.8, 4) is 23.0 Å². The topological polar surface area (TPSA) is 54.0 Å². The summed E-state index contributed by atoms with van der Waals surface area (Å²) in [4.78, 5) is 12.2. The lowest BCUT2D eigenvalue weighted by Crippen LogP contribution is -2.23. The molecule has 0 saturated heterocycles. The van der Waals surface area contributed by atoms with Crippen LogP contribution in [0.15, 0.2) is 59.7 Å². The molecule has 276 valence electrons. The van der Waals surface area contributed by atoms with Gasteiger partial charge in [-0.05, 0) is 120 Å². The van der Waals surface area contributed by atoms with E-state index in [1.807, 2.05) is 0 Å². The molecule has 0 radical (unpaired) electrons. The van der Waals surface area contributed by atoms with Gasteiger partial charge in [0.2, 0.25) is 0 Å². The minimum atomic E-state index is -0.00237. The second-order valence-corrected chi connectivity index (χ2v) is 14.6. The largest absolute Gasteiger partial charge is 0.496 e. The number of ether oxygens (including phenoxy) is 4. The monoisotopic (exact) mass is 686 g/mol. The molecule has 2 aromatic carbocycles. The van der Waals surface area contributed by atoms with Crippen LogP contribution < -0.4 is 18.9 Å². The summed E-state index contributed by atoms with van der Waals surface area (Å²) in [6.07, 6.45) is 18.2. The first-order valence-electron chi connectivity index (χ1n) is 19.0. The van der Waals surface area contributed by atoms with Gasteiger partial charge in [-0.15, -0.1) is 0 Å². The number of unbranched alkanes of at least 4 members (excludes halogenated alkanes) is 4. The molecule has 50 heavy (non-hydrogen) atoms. The minimum Gasteiger partial charge on any atom is -0.496 e. The van der Waals surface area contributed by atoms with Crippen molar-refractivity contribution in [2.75, 3.05) is 28.4 Å². The average molecular weight is 687 g/mol. The first-order valence-corrected chi connectivity index (χ1v) is 19.0. The molecule has 4 rings (SSSR count). The van der Waals surface area contributed by atoms with Crippen LogP contribution in [0.1, 0.15) is 140 Å². The molecular formula is C45H66O5. The highest BCUT2D eigenvalue weighted by atomic mass is 16.5. The van der Waals surface area contributed by atoms with Crippen LogP contribution in [0.25, 0.3) is 0 Å². The molecule has 2 aliphatic carbocycles. The lowest BCUT2D eigenvalue weighted by molar-refractivity contribution is -0.121. The maximum Gasteiger partial charge on any atom is 0.133 e.